The minimum Gasteiger partial charge on any atom is -0.324 e. The van der Waals surface area contributed by atoms with Crippen molar-refractivity contribution in [2.24, 2.45) is 5.73 Å². The van der Waals surface area contributed by atoms with Crippen molar-refractivity contribution in [3.63, 3.8) is 0 Å². The van der Waals surface area contributed by atoms with E-state index >= 15 is 0 Å². The fourth-order valence-electron chi connectivity index (χ4n) is 1.58. The zero-order chi connectivity index (χ0) is 9.42. The van der Waals surface area contributed by atoms with E-state index in [1.54, 1.807) is 0 Å². The largest absolute Gasteiger partial charge is 0.324 e. The van der Waals surface area contributed by atoms with E-state index in [1.165, 1.54) is 12.3 Å². The molecule has 1 heterocycles. The molecule has 0 amide bonds. The van der Waals surface area contributed by atoms with E-state index in [-0.39, 0.29) is 11.7 Å². The van der Waals surface area contributed by atoms with Crippen LogP contribution >= 0.6 is 0 Å². The molecule has 0 fully saturated rings. The summed E-state index contributed by atoms with van der Waals surface area (Å²) in [5.74, 6) is 0. The van der Waals surface area contributed by atoms with Gasteiger partial charge < -0.3 is 5.73 Å². The maximum absolute atomic E-state index is 10.4. The van der Waals surface area contributed by atoms with Crippen molar-refractivity contribution in [3.8, 4) is 0 Å². The summed E-state index contributed by atoms with van der Waals surface area (Å²) < 4.78 is 0. The van der Waals surface area contributed by atoms with Gasteiger partial charge in [0, 0.05) is 17.8 Å². The predicted molar refractivity (Wildman–Crippen MR) is 46.1 cm³/mol. The number of nitrogens with two attached hydrogens (primary N) is 1. The van der Waals surface area contributed by atoms with Crippen LogP contribution in [0, 0.1) is 10.1 Å². The van der Waals surface area contributed by atoms with Gasteiger partial charge in [0.1, 0.15) is 6.20 Å². The average Bonchev–Trinajstić information content (AvgIpc) is 2.47. The number of aromatic nitrogens is 1. The van der Waals surface area contributed by atoms with Crippen LogP contribution in [-0.2, 0) is 6.42 Å². The Morgan fingerprint density at radius 2 is 2.46 bits per heavy atom. The molecule has 0 saturated carbocycles. The van der Waals surface area contributed by atoms with Gasteiger partial charge in [0.15, 0.2) is 0 Å². The van der Waals surface area contributed by atoms with Crippen molar-refractivity contribution < 1.29 is 4.92 Å². The summed E-state index contributed by atoms with van der Waals surface area (Å²) in [7, 11) is 0. The van der Waals surface area contributed by atoms with Crippen molar-refractivity contribution in [1.82, 2.24) is 4.98 Å². The number of hydrogen-bond donors (Lipinski definition) is 1. The fourth-order valence-corrected chi connectivity index (χ4v) is 1.58. The van der Waals surface area contributed by atoms with E-state index in [2.05, 4.69) is 4.98 Å². The Kier molecular flexibility index (Phi) is 1.73. The third-order valence-corrected chi connectivity index (χ3v) is 2.29. The van der Waals surface area contributed by atoms with E-state index in [4.69, 9.17) is 5.73 Å². The molecule has 2 rings (SSSR count). The second-order valence-electron chi connectivity index (χ2n) is 3.13. The van der Waals surface area contributed by atoms with Crippen LogP contribution in [0.25, 0.3) is 0 Å². The van der Waals surface area contributed by atoms with Crippen molar-refractivity contribution in [1.29, 1.82) is 0 Å². The normalized spacial score (nSPS) is 19.9. The summed E-state index contributed by atoms with van der Waals surface area (Å²) in [6.07, 6.45) is 2.95. The van der Waals surface area contributed by atoms with Gasteiger partial charge in [0.2, 0.25) is 0 Å². The SMILES string of the molecule is N[C@@H]1CCc2ncc([N+](=O)[O-])cc21. The number of aryl methyl sites for hydroxylation is 1. The lowest BCUT2D eigenvalue weighted by Gasteiger charge is -2.02. The van der Waals surface area contributed by atoms with Gasteiger partial charge >= 0.3 is 0 Å². The molecule has 2 N–H and O–H groups in total. The van der Waals surface area contributed by atoms with Gasteiger partial charge in [-0.1, -0.05) is 0 Å². The molecule has 1 aliphatic carbocycles. The fraction of sp³-hybridized carbons (Fsp3) is 0.375. The molecular weight excluding hydrogens is 170 g/mol. The monoisotopic (exact) mass is 179 g/mol. The Morgan fingerprint density at radius 1 is 1.69 bits per heavy atom. The van der Waals surface area contributed by atoms with Crippen molar-refractivity contribution in [2.75, 3.05) is 0 Å². The van der Waals surface area contributed by atoms with Gasteiger partial charge in [0.05, 0.1) is 4.92 Å². The summed E-state index contributed by atoms with van der Waals surface area (Å²) in [4.78, 5) is 14.0. The summed E-state index contributed by atoms with van der Waals surface area (Å²) in [6.45, 7) is 0. The molecule has 0 unspecified atom stereocenters. The Balaban J connectivity index is 2.47. The minimum atomic E-state index is -0.446. The maximum atomic E-state index is 10.4. The highest BCUT2D eigenvalue weighted by atomic mass is 16.6. The molecule has 1 atom stereocenters. The highest BCUT2D eigenvalue weighted by Crippen LogP contribution is 2.29. The molecule has 1 aromatic rings. The van der Waals surface area contributed by atoms with Gasteiger partial charge in [-0.15, -0.1) is 0 Å². The lowest BCUT2D eigenvalue weighted by Crippen LogP contribution is -2.06. The molecule has 13 heavy (non-hydrogen) atoms. The number of pyridine rings is 1. The zero-order valence-electron chi connectivity index (χ0n) is 6.93. The molecule has 1 aliphatic rings. The molecular formula is C8H9N3O2. The molecule has 0 radical (unpaired) electrons. The van der Waals surface area contributed by atoms with Crippen molar-refractivity contribution in [2.45, 2.75) is 18.9 Å². The first-order valence-corrected chi connectivity index (χ1v) is 4.07. The van der Waals surface area contributed by atoms with E-state index < -0.39 is 4.92 Å². The lowest BCUT2D eigenvalue weighted by atomic mass is 10.1. The molecule has 68 valence electrons. The molecule has 0 bridgehead atoms. The zero-order valence-corrected chi connectivity index (χ0v) is 6.93. The van der Waals surface area contributed by atoms with Crippen LogP contribution in [0.15, 0.2) is 12.3 Å². The standard InChI is InChI=1S/C8H9N3O2/c9-7-1-2-8-6(7)3-5(4-10-8)11(12)13/h3-4,7H,1-2,9H2/t7-/m1/s1. The minimum absolute atomic E-state index is 0.0242. The van der Waals surface area contributed by atoms with Crippen molar-refractivity contribution in [3.05, 3.63) is 33.6 Å². The van der Waals surface area contributed by atoms with E-state index in [9.17, 15) is 10.1 Å². The van der Waals surface area contributed by atoms with Crippen LogP contribution in [0.5, 0.6) is 0 Å². The summed E-state index contributed by atoms with van der Waals surface area (Å²) in [5, 5.41) is 10.4. The van der Waals surface area contributed by atoms with Crippen LogP contribution in [-0.4, -0.2) is 9.91 Å². The van der Waals surface area contributed by atoms with E-state index in [0.717, 1.165) is 24.1 Å². The predicted octanol–water partition coefficient (Wildman–Crippen LogP) is 0.936. The number of fused-ring (bicyclic) bond motifs is 1. The Labute approximate surface area is 74.7 Å². The average molecular weight is 179 g/mol. The second kappa shape index (κ2) is 2.77. The third-order valence-electron chi connectivity index (χ3n) is 2.29. The van der Waals surface area contributed by atoms with Gasteiger partial charge in [0.25, 0.3) is 5.69 Å². The molecule has 5 nitrogen and oxygen atoms in total. The Bertz CT molecular complexity index is 364. The quantitative estimate of drug-likeness (QED) is 0.513. The first-order chi connectivity index (χ1) is 6.18. The number of rotatable bonds is 1. The van der Waals surface area contributed by atoms with Gasteiger partial charge in [-0.05, 0) is 18.4 Å². The Hall–Kier alpha value is -1.49. The first kappa shape index (κ1) is 8.12. The van der Waals surface area contributed by atoms with E-state index in [0.29, 0.717) is 0 Å². The summed E-state index contributed by atoms with van der Waals surface area (Å²) in [5.41, 5.74) is 7.51. The topological polar surface area (TPSA) is 82.0 Å². The van der Waals surface area contributed by atoms with Crippen LogP contribution in [0.4, 0.5) is 5.69 Å². The molecule has 0 aliphatic heterocycles. The van der Waals surface area contributed by atoms with Crippen LogP contribution < -0.4 is 5.73 Å². The Morgan fingerprint density at radius 3 is 3.15 bits per heavy atom. The highest BCUT2D eigenvalue weighted by Gasteiger charge is 2.22. The number of hydrogen-bond acceptors (Lipinski definition) is 4. The van der Waals surface area contributed by atoms with Crippen molar-refractivity contribution >= 4 is 5.69 Å². The summed E-state index contributed by atoms with van der Waals surface area (Å²) >= 11 is 0. The molecule has 0 aromatic carbocycles. The van der Waals surface area contributed by atoms with Gasteiger partial charge in [-0.3, -0.25) is 15.1 Å². The summed E-state index contributed by atoms with van der Waals surface area (Å²) in [6, 6.07) is 1.45. The maximum Gasteiger partial charge on any atom is 0.287 e. The van der Waals surface area contributed by atoms with Gasteiger partial charge in [-0.2, -0.15) is 0 Å². The molecule has 0 spiro atoms. The van der Waals surface area contributed by atoms with Crippen LogP contribution in [0.2, 0.25) is 0 Å². The molecule has 0 saturated heterocycles. The third kappa shape index (κ3) is 1.27. The number of nitro groups is 1. The van der Waals surface area contributed by atoms with Gasteiger partial charge in [-0.25, -0.2) is 0 Å². The van der Waals surface area contributed by atoms with Crippen LogP contribution in [0.1, 0.15) is 23.7 Å². The molecule has 1 aromatic heterocycles. The second-order valence-corrected chi connectivity index (χ2v) is 3.13. The smallest absolute Gasteiger partial charge is 0.287 e. The lowest BCUT2D eigenvalue weighted by molar-refractivity contribution is -0.385. The van der Waals surface area contributed by atoms with E-state index in [1.807, 2.05) is 0 Å². The first-order valence-electron chi connectivity index (χ1n) is 4.07. The molecule has 5 heteroatoms. The highest BCUT2D eigenvalue weighted by molar-refractivity contribution is 5.38. The number of nitrogens with zero attached hydrogens (tertiary/aromatic N) is 2. The van der Waals surface area contributed by atoms with Crippen LogP contribution in [0.3, 0.4) is 0 Å².